The van der Waals surface area contributed by atoms with Gasteiger partial charge in [-0.2, -0.15) is 14.2 Å². The van der Waals surface area contributed by atoms with Crippen LogP contribution >= 0.6 is 0 Å². The van der Waals surface area contributed by atoms with Crippen LogP contribution in [-0.4, -0.2) is 14.2 Å². The third kappa shape index (κ3) is 1080. The topological polar surface area (TPSA) is 0 Å². The Morgan fingerprint density at radius 3 is 0.438 bits per heavy atom. The summed E-state index contributed by atoms with van der Waals surface area (Å²) in [4.78, 5) is 0. The van der Waals surface area contributed by atoms with E-state index in [1.165, 1.54) is 0 Å². The van der Waals surface area contributed by atoms with E-state index in [2.05, 4.69) is 0 Å². The Kier molecular flexibility index (Phi) is 17.6. The minimum Gasteiger partial charge on any atom is -0.787 e. The second-order valence-corrected chi connectivity index (χ2v) is 10.0. The summed E-state index contributed by atoms with van der Waals surface area (Å²) in [7, 11) is 0. The summed E-state index contributed by atoms with van der Waals surface area (Å²) in [5.74, 6) is 0. The van der Waals surface area contributed by atoms with Gasteiger partial charge in [0.1, 0.15) is 0 Å². The van der Waals surface area contributed by atoms with Crippen LogP contribution in [0.3, 0.4) is 0 Å². The van der Waals surface area contributed by atoms with Crippen molar-refractivity contribution in [3.8, 4) is 0 Å². The molecule has 0 unspecified atom stereocenters. The Morgan fingerprint density at radius 2 is 0.438 bits per heavy atom. The molecule has 0 aromatic carbocycles. The van der Waals surface area contributed by atoms with Crippen molar-refractivity contribution in [1.82, 2.24) is 0 Å². The van der Waals surface area contributed by atoms with Gasteiger partial charge in [-0.1, -0.05) is 62.3 Å². The van der Waals surface area contributed by atoms with Gasteiger partial charge in [0.05, 0.1) is 0 Å². The minimum atomic E-state index is 0. The fraction of sp³-hybridized carbons (Fsp3) is 1.00. The van der Waals surface area contributed by atoms with Crippen molar-refractivity contribution in [1.29, 1.82) is 0 Å². The van der Waals surface area contributed by atoms with Crippen LogP contribution in [0.4, 0.5) is 0 Å². The normalized spacial score (nSPS) is 11.2. The zero-order valence-corrected chi connectivity index (χ0v) is 16.6. The van der Waals surface area contributed by atoms with Gasteiger partial charge in [-0.15, -0.1) is 0 Å². The Labute approximate surface area is 136 Å². The average molecular weight is 465 g/mol. The molecule has 104 valence electrons. The van der Waals surface area contributed by atoms with Crippen molar-refractivity contribution in [3.05, 3.63) is 0 Å². The molecule has 0 aliphatic rings. The van der Waals surface area contributed by atoms with E-state index in [1.807, 2.05) is 62.3 Å². The van der Waals surface area contributed by atoms with Crippen LogP contribution in [-0.2, 0) is 60.3 Å². The molecule has 0 spiro atoms. The molecule has 0 aliphatic heterocycles. The molecular weight excluding hydrogens is 437 g/mol. The quantitative estimate of drug-likeness (QED) is 0.393. The third-order valence-electron chi connectivity index (χ3n) is 0. The van der Waals surface area contributed by atoms with Gasteiger partial charge in [0.2, 0.25) is 0 Å². The maximum absolute atomic E-state index is 4.83. The van der Waals surface area contributed by atoms with E-state index in [0.29, 0.717) is 0 Å². The van der Waals surface area contributed by atoms with Crippen molar-refractivity contribution in [2.24, 2.45) is 0 Å². The Balaban J connectivity index is -0.0000000655. The number of hydrogen-bond acceptors (Lipinski definition) is 3. The van der Waals surface area contributed by atoms with Gasteiger partial charge in [0.25, 0.3) is 0 Å². The van der Waals surface area contributed by atoms with E-state index in [0.717, 1.165) is 0 Å². The molecule has 0 N–H and O–H groups in total. The van der Waals surface area contributed by atoms with Gasteiger partial charge in [-0.25, -0.2) is 0 Å². The van der Waals surface area contributed by atoms with Gasteiger partial charge >= 0.3 is 22.4 Å². The minimum absolute atomic E-state index is 0. The zero-order valence-electron chi connectivity index (χ0n) is 12.0. The predicted molar refractivity (Wildman–Crippen MR) is 81.4 cm³/mol. The summed E-state index contributed by atoms with van der Waals surface area (Å²) in [5.41, 5.74) is 0. The van der Waals surface area contributed by atoms with E-state index in [-0.39, 0.29) is 36.6 Å². The Morgan fingerprint density at radius 1 is 0.438 bits per heavy atom. The summed E-state index contributed by atoms with van der Waals surface area (Å²) < 4.78 is 0.250. The van der Waals surface area contributed by atoms with Crippen molar-refractivity contribution in [2.45, 2.75) is 76.6 Å². The number of rotatable bonds is 0. The molecule has 0 rings (SSSR count). The predicted octanol–water partition coefficient (Wildman–Crippen LogP) is 3.99. The van der Waals surface area contributed by atoms with Crippen LogP contribution in [0.5, 0.6) is 0 Å². The Hall–Kier alpha value is 1.79. The zero-order chi connectivity index (χ0) is 13.5. The van der Waals surface area contributed by atoms with E-state index >= 15 is 0 Å². The molecule has 0 aromatic rings. The smallest absolute Gasteiger partial charge is 0.787 e. The summed E-state index contributed by atoms with van der Waals surface area (Å²) in [5, 5.41) is 0. The molecule has 0 aromatic heterocycles. The van der Waals surface area contributed by atoms with Crippen LogP contribution in [0.15, 0.2) is 0 Å². The first kappa shape index (κ1) is 26.4. The van der Waals surface area contributed by atoms with Crippen LogP contribution in [0, 0.1) is 0 Å². The van der Waals surface area contributed by atoms with Crippen molar-refractivity contribution < 1.29 is 22.4 Å². The first-order chi connectivity index (χ1) is 6.00. The third-order valence-corrected chi connectivity index (χ3v) is 0. The maximum atomic E-state index is 4.83. The van der Waals surface area contributed by atoms with Gasteiger partial charge in [0.15, 0.2) is 0 Å². The maximum Gasteiger partial charge on any atom is 3.00 e. The first-order valence-electron chi connectivity index (χ1n) is 5.11. The van der Waals surface area contributed by atoms with Crippen LogP contribution in [0.25, 0.3) is 0 Å². The van der Waals surface area contributed by atoms with Crippen LogP contribution in [0.1, 0.15) is 62.3 Å². The monoisotopic (exact) mass is 464 g/mol. The van der Waals surface area contributed by atoms with Gasteiger partial charge in [-0.3, -0.25) is 0 Å². The molecule has 0 bridgehead atoms. The molecule has 0 radical (unpaired) electrons. The van der Waals surface area contributed by atoms with Crippen molar-refractivity contribution in [2.75, 3.05) is 0 Å². The van der Waals surface area contributed by atoms with Crippen molar-refractivity contribution >= 4 is 37.9 Å². The van der Waals surface area contributed by atoms with E-state index in [1.54, 1.807) is 0 Å². The SMILES string of the molecule is CC(C)(C)[S-].CC(C)(C)[S-].CC(C)(C)[S-].[Au+3]. The summed E-state index contributed by atoms with van der Waals surface area (Å²) in [6, 6.07) is 0. The van der Waals surface area contributed by atoms with Crippen LogP contribution < -0.4 is 0 Å². The van der Waals surface area contributed by atoms with Crippen LogP contribution in [0.2, 0.25) is 0 Å². The molecular formula is C12H27AuS3. The summed E-state index contributed by atoms with van der Waals surface area (Å²) >= 11 is 14.5. The molecule has 0 heterocycles. The van der Waals surface area contributed by atoms with Gasteiger partial charge < -0.3 is 37.9 Å². The van der Waals surface area contributed by atoms with Crippen molar-refractivity contribution in [3.63, 3.8) is 0 Å². The van der Waals surface area contributed by atoms with E-state index < -0.39 is 0 Å². The molecule has 0 saturated carbocycles. The molecule has 0 saturated heterocycles. The average Bonchev–Trinajstić information content (AvgIpc) is 1.41. The van der Waals surface area contributed by atoms with Gasteiger partial charge in [0, 0.05) is 0 Å². The molecule has 0 nitrogen and oxygen atoms in total. The van der Waals surface area contributed by atoms with E-state index in [4.69, 9.17) is 37.9 Å². The largest absolute Gasteiger partial charge is 3.00 e. The molecule has 0 atom stereocenters. The molecule has 0 fully saturated rings. The summed E-state index contributed by atoms with van der Waals surface area (Å²) in [6.45, 7) is 18.0. The van der Waals surface area contributed by atoms with Gasteiger partial charge in [-0.05, 0) is 0 Å². The number of hydrogen-bond donors (Lipinski definition) is 0. The molecule has 0 amide bonds. The molecule has 16 heavy (non-hydrogen) atoms. The fourth-order valence-corrected chi connectivity index (χ4v) is 0. The molecule has 0 aliphatic carbocycles. The standard InChI is InChI=1S/3C4H10S.Au/c3*1-4(2,3)5;/h3*5H,1-3H3;/q;;;+3/p-3. The summed E-state index contributed by atoms with van der Waals surface area (Å²) in [6.07, 6.45) is 0. The molecule has 4 heteroatoms. The second kappa shape index (κ2) is 10.7. The Bertz CT molecular complexity index is 91.3. The first-order valence-corrected chi connectivity index (χ1v) is 6.34. The fourth-order valence-electron chi connectivity index (χ4n) is 0. The van der Waals surface area contributed by atoms with E-state index in [9.17, 15) is 0 Å². The second-order valence-electron chi connectivity index (χ2n) is 6.34.